The Bertz CT molecular complexity index is 136. The molecule has 0 saturated carbocycles. The molecular formula is C11H22O2. The standard InChI is InChI=1S/C11H22O2/c1-10(7-5-9-12)6-4-8-11(2,3)13/h9-10,13H,4-8H2,1-3H3. The summed E-state index contributed by atoms with van der Waals surface area (Å²) in [4.78, 5) is 10.1. The van der Waals surface area contributed by atoms with Crippen LogP contribution >= 0.6 is 0 Å². The molecule has 2 nitrogen and oxygen atoms in total. The van der Waals surface area contributed by atoms with Gasteiger partial charge in [0, 0.05) is 6.42 Å². The van der Waals surface area contributed by atoms with Gasteiger partial charge in [0.05, 0.1) is 5.60 Å². The molecule has 0 amide bonds. The van der Waals surface area contributed by atoms with E-state index in [1.165, 1.54) is 0 Å². The molecule has 0 radical (unpaired) electrons. The van der Waals surface area contributed by atoms with Gasteiger partial charge < -0.3 is 9.90 Å². The van der Waals surface area contributed by atoms with Crippen molar-refractivity contribution in [1.29, 1.82) is 0 Å². The molecule has 0 aliphatic rings. The van der Waals surface area contributed by atoms with E-state index in [4.69, 9.17) is 0 Å². The normalized spacial score (nSPS) is 14.2. The molecule has 0 heterocycles. The monoisotopic (exact) mass is 186 g/mol. The average Bonchev–Trinajstić information content (AvgIpc) is 1.98. The van der Waals surface area contributed by atoms with Gasteiger partial charge in [-0.15, -0.1) is 0 Å². The fraction of sp³-hybridized carbons (Fsp3) is 0.909. The van der Waals surface area contributed by atoms with Crippen molar-refractivity contribution >= 4 is 6.29 Å². The quantitative estimate of drug-likeness (QED) is 0.620. The van der Waals surface area contributed by atoms with E-state index in [0.717, 1.165) is 32.0 Å². The van der Waals surface area contributed by atoms with Crippen LogP contribution in [0.4, 0.5) is 0 Å². The SMILES string of the molecule is CC(CCC=O)CCCC(C)(C)O. The Morgan fingerprint density at radius 3 is 2.46 bits per heavy atom. The molecule has 13 heavy (non-hydrogen) atoms. The van der Waals surface area contributed by atoms with Gasteiger partial charge in [-0.1, -0.05) is 19.8 Å². The molecule has 0 aromatic carbocycles. The lowest BCUT2D eigenvalue weighted by Gasteiger charge is -2.18. The van der Waals surface area contributed by atoms with E-state index in [9.17, 15) is 9.90 Å². The van der Waals surface area contributed by atoms with Crippen molar-refractivity contribution in [2.45, 2.75) is 58.5 Å². The number of rotatable bonds is 7. The molecule has 1 N–H and O–H groups in total. The number of hydrogen-bond acceptors (Lipinski definition) is 2. The number of aldehydes is 1. The highest BCUT2D eigenvalue weighted by Gasteiger charge is 2.12. The molecule has 0 saturated heterocycles. The van der Waals surface area contributed by atoms with Crippen molar-refractivity contribution in [3.63, 3.8) is 0 Å². The minimum Gasteiger partial charge on any atom is -0.390 e. The number of hydrogen-bond donors (Lipinski definition) is 1. The maximum Gasteiger partial charge on any atom is 0.120 e. The first-order valence-electron chi connectivity index (χ1n) is 5.11. The summed E-state index contributed by atoms with van der Waals surface area (Å²) in [5.41, 5.74) is -0.537. The van der Waals surface area contributed by atoms with Crippen LogP contribution in [-0.4, -0.2) is 17.0 Å². The van der Waals surface area contributed by atoms with Gasteiger partial charge in [-0.05, 0) is 32.6 Å². The summed E-state index contributed by atoms with van der Waals surface area (Å²) >= 11 is 0. The van der Waals surface area contributed by atoms with Crippen LogP contribution in [0.1, 0.15) is 52.9 Å². The summed E-state index contributed by atoms with van der Waals surface area (Å²) in [7, 11) is 0. The molecule has 0 rings (SSSR count). The van der Waals surface area contributed by atoms with Gasteiger partial charge in [0.15, 0.2) is 0 Å². The summed E-state index contributed by atoms with van der Waals surface area (Å²) in [6, 6.07) is 0. The van der Waals surface area contributed by atoms with E-state index in [2.05, 4.69) is 6.92 Å². The third-order valence-electron chi connectivity index (χ3n) is 2.26. The highest BCUT2D eigenvalue weighted by atomic mass is 16.3. The Morgan fingerprint density at radius 2 is 2.00 bits per heavy atom. The van der Waals surface area contributed by atoms with Crippen molar-refractivity contribution in [3.05, 3.63) is 0 Å². The average molecular weight is 186 g/mol. The lowest BCUT2D eigenvalue weighted by molar-refractivity contribution is -0.108. The highest BCUT2D eigenvalue weighted by molar-refractivity contribution is 5.49. The lowest BCUT2D eigenvalue weighted by Crippen LogP contribution is -2.18. The van der Waals surface area contributed by atoms with Crippen LogP contribution in [0.25, 0.3) is 0 Å². The largest absolute Gasteiger partial charge is 0.390 e. The molecule has 0 aromatic rings. The molecule has 1 atom stereocenters. The lowest BCUT2D eigenvalue weighted by atomic mass is 9.94. The summed E-state index contributed by atoms with van der Waals surface area (Å²) in [5, 5.41) is 9.45. The van der Waals surface area contributed by atoms with Crippen molar-refractivity contribution in [1.82, 2.24) is 0 Å². The minimum absolute atomic E-state index is 0.537. The second kappa shape index (κ2) is 6.14. The molecule has 2 heteroatoms. The molecule has 78 valence electrons. The Hall–Kier alpha value is -0.370. The zero-order valence-electron chi connectivity index (χ0n) is 9.05. The van der Waals surface area contributed by atoms with Crippen LogP contribution in [0.5, 0.6) is 0 Å². The third kappa shape index (κ3) is 9.54. The van der Waals surface area contributed by atoms with Crippen LogP contribution in [-0.2, 0) is 4.79 Å². The van der Waals surface area contributed by atoms with E-state index in [1.807, 2.05) is 13.8 Å². The van der Waals surface area contributed by atoms with E-state index in [1.54, 1.807) is 0 Å². The van der Waals surface area contributed by atoms with E-state index in [0.29, 0.717) is 12.3 Å². The Kier molecular flexibility index (Phi) is 5.97. The summed E-state index contributed by atoms with van der Waals surface area (Å²) in [5.74, 6) is 0.604. The van der Waals surface area contributed by atoms with Crippen molar-refractivity contribution in [2.24, 2.45) is 5.92 Å². The van der Waals surface area contributed by atoms with Gasteiger partial charge in [0.25, 0.3) is 0 Å². The van der Waals surface area contributed by atoms with Gasteiger partial charge in [0.1, 0.15) is 6.29 Å². The van der Waals surface area contributed by atoms with Gasteiger partial charge in [-0.25, -0.2) is 0 Å². The number of carbonyl (C=O) groups excluding carboxylic acids is 1. The molecule has 0 aromatic heterocycles. The first-order valence-corrected chi connectivity index (χ1v) is 5.11. The predicted octanol–water partition coefficient (Wildman–Crippen LogP) is 2.54. The molecule has 1 unspecified atom stereocenters. The smallest absolute Gasteiger partial charge is 0.120 e. The van der Waals surface area contributed by atoms with Crippen LogP contribution in [0, 0.1) is 5.92 Å². The Balaban J connectivity index is 3.36. The van der Waals surface area contributed by atoms with Gasteiger partial charge in [-0.3, -0.25) is 0 Å². The number of carbonyl (C=O) groups is 1. The summed E-state index contributed by atoms with van der Waals surface area (Å²) in [6.45, 7) is 5.83. The molecule has 0 aliphatic carbocycles. The van der Waals surface area contributed by atoms with Crippen LogP contribution in [0.2, 0.25) is 0 Å². The fourth-order valence-corrected chi connectivity index (χ4v) is 1.38. The summed E-state index contributed by atoms with van der Waals surface area (Å²) < 4.78 is 0. The third-order valence-corrected chi connectivity index (χ3v) is 2.26. The van der Waals surface area contributed by atoms with Crippen molar-refractivity contribution in [3.8, 4) is 0 Å². The van der Waals surface area contributed by atoms with E-state index in [-0.39, 0.29) is 0 Å². The van der Waals surface area contributed by atoms with Crippen LogP contribution in [0.15, 0.2) is 0 Å². The first kappa shape index (κ1) is 12.6. The van der Waals surface area contributed by atoms with E-state index < -0.39 is 5.60 Å². The molecule has 0 aliphatic heterocycles. The van der Waals surface area contributed by atoms with Gasteiger partial charge in [-0.2, -0.15) is 0 Å². The number of aliphatic hydroxyl groups is 1. The topological polar surface area (TPSA) is 37.3 Å². The second-order valence-corrected chi connectivity index (χ2v) is 4.55. The van der Waals surface area contributed by atoms with Crippen molar-refractivity contribution in [2.75, 3.05) is 0 Å². The van der Waals surface area contributed by atoms with Crippen LogP contribution < -0.4 is 0 Å². The summed E-state index contributed by atoms with van der Waals surface area (Å²) in [6.07, 6.45) is 5.63. The van der Waals surface area contributed by atoms with Crippen molar-refractivity contribution < 1.29 is 9.90 Å². The van der Waals surface area contributed by atoms with Gasteiger partial charge >= 0.3 is 0 Å². The molecule has 0 fully saturated rings. The maximum atomic E-state index is 10.1. The maximum absolute atomic E-state index is 10.1. The molecule has 0 bridgehead atoms. The first-order chi connectivity index (χ1) is 5.95. The predicted molar refractivity (Wildman–Crippen MR) is 54.6 cm³/mol. The van der Waals surface area contributed by atoms with Gasteiger partial charge in [0.2, 0.25) is 0 Å². The highest BCUT2D eigenvalue weighted by Crippen LogP contribution is 2.18. The minimum atomic E-state index is -0.537. The zero-order valence-corrected chi connectivity index (χ0v) is 9.05. The van der Waals surface area contributed by atoms with Crippen LogP contribution in [0.3, 0.4) is 0 Å². The Morgan fingerprint density at radius 1 is 1.38 bits per heavy atom. The Labute approximate surface area is 81.3 Å². The fourth-order valence-electron chi connectivity index (χ4n) is 1.38. The zero-order chi connectivity index (χ0) is 10.3. The molecular weight excluding hydrogens is 164 g/mol. The molecule has 0 spiro atoms. The van der Waals surface area contributed by atoms with E-state index >= 15 is 0 Å². The second-order valence-electron chi connectivity index (χ2n) is 4.55.